The number of methoxy groups -OCH3 is 2. The summed E-state index contributed by atoms with van der Waals surface area (Å²) in [5.74, 6) is 2.55. The highest BCUT2D eigenvalue weighted by molar-refractivity contribution is 5.80. The third-order valence-electron chi connectivity index (χ3n) is 5.73. The number of nitrogens with zero attached hydrogens (tertiary/aromatic N) is 2. The van der Waals surface area contributed by atoms with E-state index in [0.29, 0.717) is 12.6 Å². The van der Waals surface area contributed by atoms with Crippen molar-refractivity contribution in [2.75, 3.05) is 40.9 Å². The second-order valence-electron chi connectivity index (χ2n) is 8.78. The molecule has 1 aromatic rings. The molecule has 1 heterocycles. The number of carbonyl (C=O) groups is 1. The van der Waals surface area contributed by atoms with Gasteiger partial charge in [-0.15, -0.1) is 0 Å². The Morgan fingerprint density at radius 2 is 1.83 bits per heavy atom. The summed E-state index contributed by atoms with van der Waals surface area (Å²) in [6, 6.07) is 6.35. The lowest BCUT2D eigenvalue weighted by molar-refractivity contribution is -0.135. The van der Waals surface area contributed by atoms with E-state index < -0.39 is 0 Å². The Kier molecular flexibility index (Phi) is 8.38. The molecule has 7 nitrogen and oxygen atoms in total. The average molecular weight is 419 g/mol. The number of likely N-dealkylation sites (tertiary alicyclic amines) is 1. The van der Waals surface area contributed by atoms with Gasteiger partial charge in [0.15, 0.2) is 17.5 Å². The van der Waals surface area contributed by atoms with E-state index >= 15 is 0 Å². The molecule has 0 spiro atoms. The molecule has 0 bridgehead atoms. The number of hydrogen-bond donors (Lipinski definition) is 2. The molecular formula is C23H38N4O3. The first kappa shape index (κ1) is 23.8. The minimum Gasteiger partial charge on any atom is -0.493 e. The maximum atomic E-state index is 12.2. The van der Waals surface area contributed by atoms with Gasteiger partial charge in [-0.05, 0) is 30.5 Å². The predicted molar refractivity (Wildman–Crippen MR) is 122 cm³/mol. The molecule has 0 unspecified atom stereocenters. The summed E-state index contributed by atoms with van der Waals surface area (Å²) in [5.41, 5.74) is 1.02. The van der Waals surface area contributed by atoms with Gasteiger partial charge in [-0.25, -0.2) is 0 Å². The van der Waals surface area contributed by atoms with Crippen molar-refractivity contribution in [2.24, 2.45) is 10.9 Å². The number of ether oxygens (including phenoxy) is 2. The van der Waals surface area contributed by atoms with Crippen LogP contribution in [0.15, 0.2) is 23.2 Å². The molecule has 1 saturated heterocycles. The molecule has 2 rings (SSSR count). The first-order valence-electron chi connectivity index (χ1n) is 10.7. The Morgan fingerprint density at radius 1 is 1.20 bits per heavy atom. The maximum absolute atomic E-state index is 12.2. The van der Waals surface area contributed by atoms with Crippen LogP contribution in [0.4, 0.5) is 0 Å². The Hall–Kier alpha value is -2.44. The van der Waals surface area contributed by atoms with Crippen LogP contribution in [0.1, 0.15) is 46.1 Å². The second kappa shape index (κ2) is 10.5. The molecule has 1 aromatic carbocycles. The Morgan fingerprint density at radius 3 is 2.37 bits per heavy atom. The molecular weight excluding hydrogens is 380 g/mol. The third-order valence-corrected chi connectivity index (χ3v) is 5.73. The first-order chi connectivity index (χ1) is 14.2. The molecule has 1 fully saturated rings. The number of amides is 1. The van der Waals surface area contributed by atoms with E-state index in [1.165, 1.54) is 0 Å². The summed E-state index contributed by atoms with van der Waals surface area (Å²) >= 11 is 0. The van der Waals surface area contributed by atoms with E-state index in [4.69, 9.17) is 9.47 Å². The van der Waals surface area contributed by atoms with Crippen LogP contribution in [0.3, 0.4) is 0 Å². The fraction of sp³-hybridized carbons (Fsp3) is 0.652. The smallest absolute Gasteiger partial charge is 0.225 e. The zero-order valence-electron chi connectivity index (χ0n) is 19.5. The zero-order valence-corrected chi connectivity index (χ0v) is 19.5. The molecule has 2 N–H and O–H groups in total. The average Bonchev–Trinajstić information content (AvgIpc) is 2.75. The first-order valence-corrected chi connectivity index (χ1v) is 10.7. The van der Waals surface area contributed by atoms with E-state index in [2.05, 4.69) is 35.5 Å². The Bertz CT molecular complexity index is 738. The number of benzene rings is 1. The van der Waals surface area contributed by atoms with Crippen molar-refractivity contribution in [3.63, 3.8) is 0 Å². The minimum atomic E-state index is -0.135. The van der Waals surface area contributed by atoms with E-state index in [0.717, 1.165) is 49.0 Å². The Labute approximate surface area is 181 Å². The van der Waals surface area contributed by atoms with Gasteiger partial charge < -0.3 is 25.0 Å². The van der Waals surface area contributed by atoms with Crippen LogP contribution in [-0.4, -0.2) is 63.7 Å². The van der Waals surface area contributed by atoms with Crippen molar-refractivity contribution in [3.05, 3.63) is 23.8 Å². The zero-order chi connectivity index (χ0) is 22.3. The van der Waals surface area contributed by atoms with Gasteiger partial charge in [0, 0.05) is 44.1 Å². The van der Waals surface area contributed by atoms with Crippen molar-refractivity contribution in [3.8, 4) is 11.5 Å². The summed E-state index contributed by atoms with van der Waals surface area (Å²) in [5, 5.41) is 6.98. The van der Waals surface area contributed by atoms with E-state index in [1.54, 1.807) is 21.3 Å². The molecule has 7 heteroatoms. The Balaban J connectivity index is 1.92. The van der Waals surface area contributed by atoms with Crippen LogP contribution < -0.4 is 20.1 Å². The van der Waals surface area contributed by atoms with Crippen LogP contribution >= 0.6 is 0 Å². The summed E-state index contributed by atoms with van der Waals surface area (Å²) < 4.78 is 10.8. The lowest BCUT2D eigenvalue weighted by Crippen LogP contribution is -2.51. The van der Waals surface area contributed by atoms with Crippen LogP contribution in [0, 0.1) is 5.92 Å². The van der Waals surface area contributed by atoms with Gasteiger partial charge in [0.25, 0.3) is 0 Å². The van der Waals surface area contributed by atoms with Crippen molar-refractivity contribution in [1.82, 2.24) is 15.5 Å². The molecule has 168 valence electrons. The fourth-order valence-corrected chi connectivity index (χ4v) is 3.66. The second-order valence-corrected chi connectivity index (χ2v) is 8.78. The summed E-state index contributed by atoms with van der Waals surface area (Å²) in [7, 11) is 5.08. The monoisotopic (exact) mass is 418 g/mol. The predicted octanol–water partition coefficient (Wildman–Crippen LogP) is 2.79. The largest absolute Gasteiger partial charge is 0.493 e. The highest BCUT2D eigenvalue weighted by Crippen LogP contribution is 2.32. The molecule has 0 atom stereocenters. The number of piperidine rings is 1. The number of hydrogen-bond acceptors (Lipinski definition) is 4. The molecule has 1 amide bonds. The van der Waals surface area contributed by atoms with Crippen LogP contribution in [0.5, 0.6) is 11.5 Å². The highest BCUT2D eigenvalue weighted by atomic mass is 16.5. The van der Waals surface area contributed by atoms with E-state index in [1.807, 2.05) is 30.9 Å². The standard InChI is InChI=1S/C23H38N4O3/c1-16(2)21(28)27-12-10-18(11-13-27)26-22(24-5)25-15-23(3,4)17-8-9-19(29-6)20(14-17)30-7/h8-9,14,16,18H,10-13,15H2,1-7H3,(H2,24,25,26). The van der Waals surface area contributed by atoms with Crippen LogP contribution in [0.25, 0.3) is 0 Å². The molecule has 1 aliphatic heterocycles. The third kappa shape index (κ3) is 6.03. The normalized spacial score (nSPS) is 15.9. The lowest BCUT2D eigenvalue weighted by Gasteiger charge is -2.34. The SMILES string of the molecule is CN=C(NCC(C)(C)c1ccc(OC)c(OC)c1)NC1CCN(C(=O)C(C)C)CC1. The van der Waals surface area contributed by atoms with Crippen LogP contribution in [0.2, 0.25) is 0 Å². The van der Waals surface area contributed by atoms with Gasteiger partial charge in [-0.3, -0.25) is 9.79 Å². The summed E-state index contributed by atoms with van der Waals surface area (Å²) in [4.78, 5) is 18.5. The number of rotatable bonds is 7. The molecule has 0 aromatic heterocycles. The van der Waals surface area contributed by atoms with Gasteiger partial charge in [0.05, 0.1) is 14.2 Å². The lowest BCUT2D eigenvalue weighted by atomic mass is 9.84. The molecule has 0 aliphatic carbocycles. The van der Waals surface area contributed by atoms with E-state index in [-0.39, 0.29) is 17.2 Å². The topological polar surface area (TPSA) is 75.2 Å². The quantitative estimate of drug-likeness (QED) is 0.526. The number of aliphatic imine (C=N–C) groups is 1. The maximum Gasteiger partial charge on any atom is 0.225 e. The molecule has 30 heavy (non-hydrogen) atoms. The van der Waals surface area contributed by atoms with Crippen LogP contribution in [-0.2, 0) is 10.2 Å². The minimum absolute atomic E-state index is 0.0581. The van der Waals surface area contributed by atoms with Crippen molar-refractivity contribution in [2.45, 2.75) is 52.0 Å². The van der Waals surface area contributed by atoms with Gasteiger partial charge >= 0.3 is 0 Å². The molecule has 0 saturated carbocycles. The molecule has 1 aliphatic rings. The highest BCUT2D eigenvalue weighted by Gasteiger charge is 2.26. The summed E-state index contributed by atoms with van der Waals surface area (Å²) in [6.07, 6.45) is 1.86. The van der Waals surface area contributed by atoms with Gasteiger partial charge in [-0.2, -0.15) is 0 Å². The van der Waals surface area contributed by atoms with Gasteiger partial charge in [0.2, 0.25) is 5.91 Å². The van der Waals surface area contributed by atoms with Gasteiger partial charge in [0.1, 0.15) is 0 Å². The van der Waals surface area contributed by atoms with Crippen molar-refractivity contribution in [1.29, 1.82) is 0 Å². The van der Waals surface area contributed by atoms with Crippen molar-refractivity contribution < 1.29 is 14.3 Å². The number of carbonyl (C=O) groups excluding carboxylic acids is 1. The fourth-order valence-electron chi connectivity index (χ4n) is 3.66. The molecule has 0 radical (unpaired) electrons. The number of guanidine groups is 1. The summed E-state index contributed by atoms with van der Waals surface area (Å²) in [6.45, 7) is 10.6. The van der Waals surface area contributed by atoms with Gasteiger partial charge in [-0.1, -0.05) is 33.8 Å². The number of nitrogens with one attached hydrogen (secondary N) is 2. The van der Waals surface area contributed by atoms with E-state index in [9.17, 15) is 4.79 Å². The van der Waals surface area contributed by atoms with Crippen molar-refractivity contribution >= 4 is 11.9 Å².